The lowest BCUT2D eigenvalue weighted by Gasteiger charge is -2.25. The van der Waals surface area contributed by atoms with E-state index in [0.29, 0.717) is 0 Å². The van der Waals surface area contributed by atoms with Crippen molar-refractivity contribution in [2.24, 2.45) is 0 Å². The molecule has 2 rings (SSSR count). The second-order valence-electron chi connectivity index (χ2n) is 5.08. The van der Waals surface area contributed by atoms with E-state index in [1.807, 2.05) is 6.07 Å². The Kier molecular flexibility index (Phi) is 4.88. The number of rotatable bonds is 4. The monoisotopic (exact) mass is 296 g/mol. The van der Waals surface area contributed by atoms with Crippen LogP contribution < -0.4 is 5.32 Å². The third kappa shape index (κ3) is 4.24. The average Bonchev–Trinajstić information content (AvgIpc) is 2.70. The van der Waals surface area contributed by atoms with Gasteiger partial charge in [0.05, 0.1) is 0 Å². The van der Waals surface area contributed by atoms with Crippen LogP contribution in [0.3, 0.4) is 0 Å². The summed E-state index contributed by atoms with van der Waals surface area (Å²) in [5.41, 5.74) is 0.776. The first kappa shape index (κ1) is 15.4. The molecule has 0 spiro atoms. The SMILES string of the molecule is O=C1CCN(C(=O)C(F)(F)CCc2ccccc2)CCN1. The summed E-state index contributed by atoms with van der Waals surface area (Å²) in [6.45, 7) is 0.399. The van der Waals surface area contributed by atoms with E-state index >= 15 is 0 Å². The summed E-state index contributed by atoms with van der Waals surface area (Å²) < 4.78 is 28.0. The molecular weight excluding hydrogens is 278 g/mol. The van der Waals surface area contributed by atoms with Crippen LogP contribution in [0.5, 0.6) is 0 Å². The fourth-order valence-electron chi connectivity index (χ4n) is 2.25. The van der Waals surface area contributed by atoms with Gasteiger partial charge in [0.25, 0.3) is 5.91 Å². The van der Waals surface area contributed by atoms with E-state index in [-0.39, 0.29) is 38.4 Å². The van der Waals surface area contributed by atoms with Crippen LogP contribution in [0.1, 0.15) is 18.4 Å². The highest BCUT2D eigenvalue weighted by molar-refractivity contribution is 5.85. The van der Waals surface area contributed by atoms with Crippen LogP contribution in [0.2, 0.25) is 0 Å². The van der Waals surface area contributed by atoms with Gasteiger partial charge in [0.15, 0.2) is 0 Å². The summed E-state index contributed by atoms with van der Waals surface area (Å²) in [6, 6.07) is 8.89. The smallest absolute Gasteiger partial charge is 0.325 e. The van der Waals surface area contributed by atoms with Crippen molar-refractivity contribution in [1.29, 1.82) is 0 Å². The average molecular weight is 296 g/mol. The second-order valence-corrected chi connectivity index (χ2v) is 5.08. The highest BCUT2D eigenvalue weighted by Gasteiger charge is 2.41. The molecule has 1 N–H and O–H groups in total. The molecule has 2 amide bonds. The van der Waals surface area contributed by atoms with Gasteiger partial charge in [-0.25, -0.2) is 0 Å². The van der Waals surface area contributed by atoms with Gasteiger partial charge >= 0.3 is 5.92 Å². The molecule has 0 atom stereocenters. The van der Waals surface area contributed by atoms with Crippen LogP contribution >= 0.6 is 0 Å². The first-order valence-corrected chi connectivity index (χ1v) is 6.97. The molecule has 0 radical (unpaired) electrons. The maximum absolute atomic E-state index is 14.0. The Bertz CT molecular complexity index is 506. The molecule has 0 unspecified atom stereocenters. The summed E-state index contributed by atoms with van der Waals surface area (Å²) in [5.74, 6) is -4.80. The molecule has 114 valence electrons. The highest BCUT2D eigenvalue weighted by Crippen LogP contribution is 2.24. The van der Waals surface area contributed by atoms with Crippen molar-refractivity contribution in [2.75, 3.05) is 19.6 Å². The zero-order valence-electron chi connectivity index (χ0n) is 11.6. The Morgan fingerprint density at radius 1 is 1.24 bits per heavy atom. The number of alkyl halides is 2. The third-order valence-electron chi connectivity index (χ3n) is 3.48. The predicted octanol–water partition coefficient (Wildman–Crippen LogP) is 1.60. The van der Waals surface area contributed by atoms with Gasteiger partial charge in [-0.2, -0.15) is 8.78 Å². The van der Waals surface area contributed by atoms with Crippen molar-refractivity contribution in [3.8, 4) is 0 Å². The molecule has 0 aromatic heterocycles. The molecule has 0 aliphatic carbocycles. The minimum absolute atomic E-state index is 0.0472. The fourth-order valence-corrected chi connectivity index (χ4v) is 2.25. The number of halogens is 2. The number of hydrogen-bond acceptors (Lipinski definition) is 2. The maximum atomic E-state index is 14.0. The standard InChI is InChI=1S/C15H18F2N2O2/c16-15(17,8-6-12-4-2-1-3-5-12)14(21)19-10-7-13(20)18-9-11-19/h1-5H,6-11H2,(H,18,20). The Labute approximate surface area is 122 Å². The van der Waals surface area contributed by atoms with Crippen LogP contribution in [0.4, 0.5) is 8.78 Å². The number of nitrogens with one attached hydrogen (secondary N) is 1. The summed E-state index contributed by atoms with van der Waals surface area (Å²) in [6.07, 6.45) is -0.307. The molecule has 0 saturated carbocycles. The topological polar surface area (TPSA) is 49.4 Å². The van der Waals surface area contributed by atoms with Crippen LogP contribution in [0.25, 0.3) is 0 Å². The lowest BCUT2D eigenvalue weighted by Crippen LogP contribution is -2.45. The molecule has 0 bridgehead atoms. The first-order chi connectivity index (χ1) is 9.99. The van der Waals surface area contributed by atoms with Crippen molar-refractivity contribution in [2.45, 2.75) is 25.2 Å². The summed E-state index contributed by atoms with van der Waals surface area (Å²) in [4.78, 5) is 24.2. The highest BCUT2D eigenvalue weighted by atomic mass is 19.3. The molecule has 1 fully saturated rings. The minimum atomic E-state index is -3.40. The van der Waals surface area contributed by atoms with Gasteiger partial charge in [-0.15, -0.1) is 0 Å². The molecule has 1 aliphatic rings. The Morgan fingerprint density at radius 2 is 1.95 bits per heavy atom. The minimum Gasteiger partial charge on any atom is -0.354 e. The van der Waals surface area contributed by atoms with Crippen LogP contribution in [0, 0.1) is 0 Å². The summed E-state index contributed by atoms with van der Waals surface area (Å²) in [7, 11) is 0. The number of amides is 2. The van der Waals surface area contributed by atoms with E-state index in [0.717, 1.165) is 10.5 Å². The quantitative estimate of drug-likeness (QED) is 0.917. The van der Waals surface area contributed by atoms with E-state index < -0.39 is 18.3 Å². The van der Waals surface area contributed by atoms with Crippen molar-refractivity contribution < 1.29 is 18.4 Å². The lowest BCUT2D eigenvalue weighted by atomic mass is 10.1. The zero-order valence-corrected chi connectivity index (χ0v) is 11.6. The third-order valence-corrected chi connectivity index (χ3v) is 3.48. The van der Waals surface area contributed by atoms with E-state index in [1.165, 1.54) is 0 Å². The molecular formula is C15H18F2N2O2. The van der Waals surface area contributed by atoms with Gasteiger partial charge < -0.3 is 10.2 Å². The molecule has 1 aromatic carbocycles. The Balaban J connectivity index is 1.94. The number of carbonyl (C=O) groups is 2. The summed E-state index contributed by atoms with van der Waals surface area (Å²) >= 11 is 0. The van der Waals surface area contributed by atoms with Gasteiger partial charge in [0, 0.05) is 32.5 Å². The van der Waals surface area contributed by atoms with Gasteiger partial charge in [0.2, 0.25) is 5.91 Å². The molecule has 4 nitrogen and oxygen atoms in total. The lowest BCUT2D eigenvalue weighted by molar-refractivity contribution is -0.158. The Hall–Kier alpha value is -1.98. The second kappa shape index (κ2) is 6.65. The van der Waals surface area contributed by atoms with E-state index in [9.17, 15) is 18.4 Å². The molecule has 6 heteroatoms. The molecule has 21 heavy (non-hydrogen) atoms. The van der Waals surface area contributed by atoms with Crippen LogP contribution in [0.15, 0.2) is 30.3 Å². The van der Waals surface area contributed by atoms with Crippen LogP contribution in [-0.2, 0) is 16.0 Å². The normalized spacial score (nSPS) is 16.3. The van der Waals surface area contributed by atoms with Gasteiger partial charge in [-0.3, -0.25) is 9.59 Å². The van der Waals surface area contributed by atoms with Crippen LogP contribution in [-0.4, -0.2) is 42.3 Å². The number of benzene rings is 1. The number of nitrogens with zero attached hydrogens (tertiary/aromatic N) is 1. The van der Waals surface area contributed by atoms with Crippen molar-refractivity contribution >= 4 is 11.8 Å². The Morgan fingerprint density at radius 3 is 2.67 bits per heavy atom. The van der Waals surface area contributed by atoms with Crippen molar-refractivity contribution in [3.63, 3.8) is 0 Å². The first-order valence-electron chi connectivity index (χ1n) is 6.97. The van der Waals surface area contributed by atoms with Gasteiger partial charge in [-0.05, 0) is 12.0 Å². The van der Waals surface area contributed by atoms with E-state index in [2.05, 4.69) is 5.32 Å². The fraction of sp³-hybridized carbons (Fsp3) is 0.467. The van der Waals surface area contributed by atoms with E-state index in [1.54, 1.807) is 24.3 Å². The number of hydrogen-bond donors (Lipinski definition) is 1. The molecule has 1 aromatic rings. The molecule has 1 heterocycles. The molecule has 1 aliphatic heterocycles. The maximum Gasteiger partial charge on any atom is 0.325 e. The van der Waals surface area contributed by atoms with Crippen molar-refractivity contribution in [3.05, 3.63) is 35.9 Å². The van der Waals surface area contributed by atoms with Gasteiger partial charge in [0.1, 0.15) is 0 Å². The zero-order chi connectivity index (χ0) is 15.3. The van der Waals surface area contributed by atoms with Gasteiger partial charge in [-0.1, -0.05) is 30.3 Å². The number of carbonyl (C=O) groups excluding carboxylic acids is 2. The largest absolute Gasteiger partial charge is 0.354 e. The van der Waals surface area contributed by atoms with Crippen molar-refractivity contribution in [1.82, 2.24) is 10.2 Å². The predicted molar refractivity (Wildman–Crippen MR) is 73.9 cm³/mol. The number of aryl methyl sites for hydroxylation is 1. The summed E-state index contributed by atoms with van der Waals surface area (Å²) in [5, 5.41) is 2.56. The molecule has 1 saturated heterocycles. The van der Waals surface area contributed by atoms with E-state index in [4.69, 9.17) is 0 Å².